The third kappa shape index (κ3) is 9.55. The van der Waals surface area contributed by atoms with Gasteiger partial charge in [0, 0.05) is 23.7 Å². The predicted molar refractivity (Wildman–Crippen MR) is 118 cm³/mol. The molecule has 1 rings (SSSR count). The van der Waals surface area contributed by atoms with Gasteiger partial charge in [0.05, 0.1) is 0 Å². The van der Waals surface area contributed by atoms with Gasteiger partial charge in [-0.1, -0.05) is 33.9 Å². The Kier molecular flexibility index (Phi) is 9.74. The minimum atomic E-state index is -0.952. The summed E-state index contributed by atoms with van der Waals surface area (Å²) in [6.45, 7) is 16.6. The van der Waals surface area contributed by atoms with Crippen molar-refractivity contribution in [2.24, 2.45) is 10.8 Å². The first-order valence-electron chi connectivity index (χ1n) is 10.5. The van der Waals surface area contributed by atoms with Crippen LogP contribution in [-0.2, 0) is 23.8 Å². The van der Waals surface area contributed by atoms with Crippen LogP contribution >= 0.6 is 0 Å². The molecule has 2 unspecified atom stereocenters. The molecule has 0 aromatic rings. The molecule has 1 amide bonds. The third-order valence-corrected chi connectivity index (χ3v) is 5.28. The van der Waals surface area contributed by atoms with Crippen LogP contribution in [0.25, 0.3) is 0 Å². The monoisotopic (exact) mass is 438 g/mol. The van der Waals surface area contributed by atoms with Gasteiger partial charge in [-0.15, -0.1) is 0 Å². The molecule has 1 aliphatic carbocycles. The molecule has 0 aromatic carbocycles. The van der Waals surface area contributed by atoms with E-state index in [-0.39, 0.29) is 35.2 Å². The lowest BCUT2D eigenvalue weighted by Gasteiger charge is -2.46. The minimum absolute atomic E-state index is 0.0945. The topological polar surface area (TPSA) is 103 Å². The van der Waals surface area contributed by atoms with E-state index in [1.165, 1.54) is 13.8 Å². The number of rotatable bonds is 10. The number of amides is 1. The fraction of sp³-hybridized carbons (Fsp3) is 0.696. The first-order valence-corrected chi connectivity index (χ1v) is 10.5. The average molecular weight is 439 g/mol. The maximum absolute atomic E-state index is 12.4. The molecule has 31 heavy (non-hydrogen) atoms. The highest BCUT2D eigenvalue weighted by Crippen LogP contribution is 2.45. The van der Waals surface area contributed by atoms with Gasteiger partial charge in [0.25, 0.3) is 0 Å². The molecule has 0 saturated heterocycles. The van der Waals surface area contributed by atoms with E-state index in [9.17, 15) is 14.4 Å². The Morgan fingerprint density at radius 2 is 1.52 bits per heavy atom. The maximum Gasteiger partial charge on any atom is 0.407 e. The van der Waals surface area contributed by atoms with E-state index in [4.69, 9.17) is 14.2 Å². The second-order valence-electron chi connectivity index (χ2n) is 9.68. The maximum atomic E-state index is 12.4. The molecule has 8 heteroatoms. The van der Waals surface area contributed by atoms with Crippen LogP contribution in [-0.4, -0.2) is 57.0 Å². The Morgan fingerprint density at radius 3 is 1.97 bits per heavy atom. The van der Waals surface area contributed by atoms with Gasteiger partial charge in [-0.25, -0.2) is 14.4 Å². The zero-order valence-electron chi connectivity index (χ0n) is 19.8. The smallest absolute Gasteiger partial charge is 0.407 e. The molecule has 2 N–H and O–H groups in total. The van der Waals surface area contributed by atoms with E-state index in [1.807, 2.05) is 7.05 Å². The van der Waals surface area contributed by atoms with E-state index >= 15 is 0 Å². The number of hydrogen-bond donors (Lipinski definition) is 2. The lowest BCUT2D eigenvalue weighted by molar-refractivity contribution is -0.147. The van der Waals surface area contributed by atoms with Gasteiger partial charge >= 0.3 is 18.0 Å². The van der Waals surface area contributed by atoms with E-state index in [1.54, 1.807) is 0 Å². The summed E-state index contributed by atoms with van der Waals surface area (Å²) in [5.74, 6) is -1.23. The number of esters is 2. The van der Waals surface area contributed by atoms with Crippen LogP contribution in [0.3, 0.4) is 0 Å². The summed E-state index contributed by atoms with van der Waals surface area (Å²) in [5, 5.41) is 6.17. The molecule has 1 aliphatic rings. The van der Waals surface area contributed by atoms with Crippen LogP contribution in [0.4, 0.5) is 4.79 Å². The fourth-order valence-corrected chi connectivity index (χ4v) is 4.15. The highest BCUT2D eigenvalue weighted by Gasteiger charge is 2.41. The van der Waals surface area contributed by atoms with E-state index in [0.29, 0.717) is 12.6 Å². The zero-order valence-corrected chi connectivity index (χ0v) is 19.8. The Morgan fingerprint density at radius 1 is 1.00 bits per heavy atom. The zero-order chi connectivity index (χ0) is 23.8. The standard InChI is InChI=1S/C23H38N2O6/c1-15(2)19(26)29-11-18(12-30-20(27)16(3)4)31-21(28)25-14-23(7)10-17(24-8)9-22(5,6)13-23/h17-18,24H,1,3,9-14H2,2,4-8H3,(H,25,28). The first kappa shape index (κ1) is 26.7. The number of carbonyl (C=O) groups excluding carboxylic acids is 3. The van der Waals surface area contributed by atoms with Crippen molar-refractivity contribution in [3.05, 3.63) is 24.3 Å². The summed E-state index contributed by atoms with van der Waals surface area (Å²) < 4.78 is 15.5. The molecular weight excluding hydrogens is 400 g/mol. The van der Waals surface area contributed by atoms with Crippen LogP contribution in [0.5, 0.6) is 0 Å². The van der Waals surface area contributed by atoms with Gasteiger partial charge in [0.2, 0.25) is 0 Å². The summed E-state index contributed by atoms with van der Waals surface area (Å²) in [6, 6.07) is 0.377. The van der Waals surface area contributed by atoms with Gasteiger partial charge in [-0.05, 0) is 51.0 Å². The normalized spacial score (nSPS) is 22.4. The molecule has 2 atom stereocenters. The highest BCUT2D eigenvalue weighted by molar-refractivity contribution is 5.87. The second kappa shape index (κ2) is 11.3. The van der Waals surface area contributed by atoms with E-state index in [2.05, 4.69) is 44.6 Å². The van der Waals surface area contributed by atoms with Crippen molar-refractivity contribution >= 4 is 18.0 Å². The van der Waals surface area contributed by atoms with Crippen molar-refractivity contribution in [3.8, 4) is 0 Å². The predicted octanol–water partition coefficient (Wildman–Crippen LogP) is 3.12. The summed E-state index contributed by atoms with van der Waals surface area (Å²) in [4.78, 5) is 35.8. The quantitative estimate of drug-likeness (QED) is 0.307. The first-order chi connectivity index (χ1) is 14.3. The summed E-state index contributed by atoms with van der Waals surface area (Å²) in [7, 11) is 1.96. The highest BCUT2D eigenvalue weighted by atomic mass is 16.6. The largest absolute Gasteiger partial charge is 0.458 e. The van der Waals surface area contributed by atoms with Crippen LogP contribution in [0, 0.1) is 10.8 Å². The minimum Gasteiger partial charge on any atom is -0.458 e. The van der Waals surface area contributed by atoms with Gasteiger partial charge < -0.3 is 24.8 Å². The molecular formula is C23H38N2O6. The van der Waals surface area contributed by atoms with Crippen molar-refractivity contribution in [1.29, 1.82) is 0 Å². The molecule has 1 fully saturated rings. The number of carbonyl (C=O) groups is 3. The van der Waals surface area contributed by atoms with Crippen molar-refractivity contribution in [2.75, 3.05) is 26.8 Å². The van der Waals surface area contributed by atoms with E-state index in [0.717, 1.165) is 19.3 Å². The van der Waals surface area contributed by atoms with Gasteiger partial charge in [0.1, 0.15) is 13.2 Å². The molecule has 0 aromatic heterocycles. The molecule has 0 spiro atoms. The average Bonchev–Trinajstić information content (AvgIpc) is 2.66. The Bertz CT molecular complexity index is 672. The van der Waals surface area contributed by atoms with Gasteiger partial charge in [-0.3, -0.25) is 0 Å². The molecule has 0 radical (unpaired) electrons. The van der Waals surface area contributed by atoms with Gasteiger partial charge in [-0.2, -0.15) is 0 Å². The Labute approximate surface area is 185 Å². The molecule has 0 aliphatic heterocycles. The molecule has 8 nitrogen and oxygen atoms in total. The molecule has 1 saturated carbocycles. The lowest BCUT2D eigenvalue weighted by atomic mass is 9.62. The summed E-state index contributed by atoms with van der Waals surface area (Å²) >= 11 is 0. The van der Waals surface area contributed by atoms with Crippen LogP contribution in [0.15, 0.2) is 24.3 Å². The number of alkyl carbamates (subject to hydrolysis) is 1. The molecule has 0 bridgehead atoms. The third-order valence-electron chi connectivity index (χ3n) is 5.28. The summed E-state index contributed by atoms with van der Waals surface area (Å²) in [6.07, 6.45) is 1.37. The lowest BCUT2D eigenvalue weighted by Crippen LogP contribution is -2.49. The van der Waals surface area contributed by atoms with Crippen molar-refractivity contribution in [1.82, 2.24) is 10.6 Å². The van der Waals surface area contributed by atoms with Gasteiger partial charge in [0.15, 0.2) is 6.10 Å². The van der Waals surface area contributed by atoms with Crippen molar-refractivity contribution in [3.63, 3.8) is 0 Å². The second-order valence-corrected chi connectivity index (χ2v) is 9.68. The van der Waals surface area contributed by atoms with Crippen LogP contribution in [0.2, 0.25) is 0 Å². The number of ether oxygens (including phenoxy) is 3. The van der Waals surface area contributed by atoms with Crippen molar-refractivity contribution < 1.29 is 28.6 Å². The van der Waals surface area contributed by atoms with E-state index < -0.39 is 24.1 Å². The van der Waals surface area contributed by atoms with Crippen molar-refractivity contribution in [2.45, 2.75) is 66.0 Å². The molecule has 0 heterocycles. The van der Waals surface area contributed by atoms with Crippen LogP contribution < -0.4 is 10.6 Å². The SMILES string of the molecule is C=C(C)C(=O)OCC(COC(=O)C(=C)C)OC(=O)NCC1(C)CC(NC)CC(C)(C)C1. The number of hydrogen-bond acceptors (Lipinski definition) is 7. The Balaban J connectivity index is 2.69. The molecule has 176 valence electrons. The summed E-state index contributed by atoms with van der Waals surface area (Å²) in [5.41, 5.74) is 0.494. The van der Waals surface area contributed by atoms with Crippen LogP contribution in [0.1, 0.15) is 53.9 Å². The Hall–Kier alpha value is -2.35. The number of nitrogens with one attached hydrogen (secondary N) is 2. The fourth-order valence-electron chi connectivity index (χ4n) is 4.15.